The van der Waals surface area contributed by atoms with Gasteiger partial charge >= 0.3 is 6.03 Å². The number of nitrogens with zero attached hydrogens (tertiary/aromatic N) is 4. The number of fused-ring (bicyclic) bond motifs is 1. The molecule has 1 N–H and O–H groups in total. The van der Waals surface area contributed by atoms with Gasteiger partial charge in [0.1, 0.15) is 5.82 Å². The van der Waals surface area contributed by atoms with E-state index in [1.54, 1.807) is 0 Å². The number of anilines is 2. The van der Waals surface area contributed by atoms with Crippen LogP contribution in [0, 0.1) is 0 Å². The van der Waals surface area contributed by atoms with Gasteiger partial charge in [-0.3, -0.25) is 0 Å². The van der Waals surface area contributed by atoms with Gasteiger partial charge in [0.15, 0.2) is 5.82 Å². The quantitative estimate of drug-likeness (QED) is 0.536. The molecule has 6 nitrogen and oxygen atoms in total. The van der Waals surface area contributed by atoms with Crippen LogP contribution in [0.5, 0.6) is 0 Å². The van der Waals surface area contributed by atoms with Gasteiger partial charge in [-0.1, -0.05) is 59.3 Å². The second-order valence-electron chi connectivity index (χ2n) is 7.70. The summed E-state index contributed by atoms with van der Waals surface area (Å²) in [5.41, 5.74) is 3.83. The third kappa shape index (κ3) is 4.88. The summed E-state index contributed by atoms with van der Waals surface area (Å²) in [6.45, 7) is 4.16. The summed E-state index contributed by atoms with van der Waals surface area (Å²) in [5, 5.41) is 3.00. The lowest BCUT2D eigenvalue weighted by atomic mass is 10.0. The van der Waals surface area contributed by atoms with Gasteiger partial charge in [0.25, 0.3) is 0 Å². The number of halogens is 1. The standard InChI is InChI=1S/C24H26BrN5O/c1-3-13-29(2)23-20-16-30(24(31)26-19-11-7-10-18(25)15-19)14-12-21(20)27-22(28-23)17-8-5-4-6-9-17/h4-11,15H,3,12-14,16H2,1-2H3,(H,26,31). The molecule has 0 spiro atoms. The average molecular weight is 480 g/mol. The Balaban J connectivity index is 1.63. The topological polar surface area (TPSA) is 61.4 Å². The highest BCUT2D eigenvalue weighted by atomic mass is 79.9. The molecule has 31 heavy (non-hydrogen) atoms. The monoisotopic (exact) mass is 479 g/mol. The molecule has 0 saturated carbocycles. The Morgan fingerprint density at radius 2 is 1.97 bits per heavy atom. The van der Waals surface area contributed by atoms with Crippen molar-refractivity contribution in [2.24, 2.45) is 0 Å². The predicted molar refractivity (Wildman–Crippen MR) is 128 cm³/mol. The molecule has 0 aliphatic carbocycles. The van der Waals surface area contributed by atoms with Crippen LogP contribution in [0.1, 0.15) is 24.6 Å². The largest absolute Gasteiger partial charge is 0.359 e. The number of carbonyl (C=O) groups excluding carboxylic acids is 1. The van der Waals surface area contributed by atoms with Gasteiger partial charge in [-0.2, -0.15) is 0 Å². The Morgan fingerprint density at radius 1 is 1.16 bits per heavy atom. The number of hydrogen-bond acceptors (Lipinski definition) is 4. The van der Waals surface area contributed by atoms with Crippen LogP contribution in [-0.2, 0) is 13.0 Å². The maximum atomic E-state index is 12.9. The van der Waals surface area contributed by atoms with E-state index in [1.165, 1.54) is 0 Å². The number of hydrogen-bond donors (Lipinski definition) is 1. The highest BCUT2D eigenvalue weighted by molar-refractivity contribution is 9.10. The number of rotatable bonds is 5. The summed E-state index contributed by atoms with van der Waals surface area (Å²) in [7, 11) is 2.06. The number of amides is 2. The highest BCUT2D eigenvalue weighted by Crippen LogP contribution is 2.29. The third-order valence-electron chi connectivity index (χ3n) is 5.35. The summed E-state index contributed by atoms with van der Waals surface area (Å²) in [5.74, 6) is 1.65. The lowest BCUT2D eigenvalue weighted by Gasteiger charge is -2.32. The van der Waals surface area contributed by atoms with E-state index in [1.807, 2.05) is 59.5 Å². The fourth-order valence-corrected chi connectivity index (χ4v) is 4.21. The van der Waals surface area contributed by atoms with Gasteiger partial charge in [0, 0.05) is 47.8 Å². The first-order valence-electron chi connectivity index (χ1n) is 10.5. The Labute approximate surface area is 191 Å². The lowest BCUT2D eigenvalue weighted by molar-refractivity contribution is 0.206. The summed E-state index contributed by atoms with van der Waals surface area (Å²) in [6, 6.07) is 17.6. The number of nitrogens with one attached hydrogen (secondary N) is 1. The van der Waals surface area contributed by atoms with Gasteiger partial charge in [-0.25, -0.2) is 14.8 Å². The van der Waals surface area contributed by atoms with Crippen molar-refractivity contribution >= 4 is 33.5 Å². The fraction of sp³-hybridized carbons (Fsp3) is 0.292. The molecule has 3 aromatic rings. The number of benzene rings is 2. The molecule has 0 fully saturated rings. The lowest BCUT2D eigenvalue weighted by Crippen LogP contribution is -2.40. The van der Waals surface area contributed by atoms with Crippen LogP contribution in [0.3, 0.4) is 0 Å². The summed E-state index contributed by atoms with van der Waals surface area (Å²) in [6.07, 6.45) is 1.72. The smallest absolute Gasteiger partial charge is 0.322 e. The van der Waals surface area contributed by atoms with E-state index in [0.717, 1.165) is 51.6 Å². The van der Waals surface area contributed by atoms with Crippen LogP contribution >= 0.6 is 15.9 Å². The predicted octanol–water partition coefficient (Wildman–Crippen LogP) is 5.34. The van der Waals surface area contributed by atoms with Gasteiger partial charge in [0.2, 0.25) is 0 Å². The minimum absolute atomic E-state index is 0.111. The van der Waals surface area contributed by atoms with Crippen LogP contribution in [0.4, 0.5) is 16.3 Å². The molecule has 4 rings (SSSR count). The Kier molecular flexibility index (Phi) is 6.51. The number of carbonyl (C=O) groups is 1. The molecular weight excluding hydrogens is 454 g/mol. The molecule has 2 amide bonds. The second-order valence-corrected chi connectivity index (χ2v) is 8.61. The summed E-state index contributed by atoms with van der Waals surface area (Å²) < 4.78 is 0.930. The molecule has 0 atom stereocenters. The maximum Gasteiger partial charge on any atom is 0.322 e. The Morgan fingerprint density at radius 3 is 2.71 bits per heavy atom. The molecule has 2 heterocycles. The van der Waals surface area contributed by atoms with Crippen molar-refractivity contribution in [3.05, 3.63) is 70.3 Å². The van der Waals surface area contributed by atoms with Crippen molar-refractivity contribution in [2.45, 2.75) is 26.3 Å². The van der Waals surface area contributed by atoms with Gasteiger partial charge in [-0.15, -0.1) is 0 Å². The van der Waals surface area contributed by atoms with Crippen molar-refractivity contribution in [2.75, 3.05) is 30.4 Å². The van der Waals surface area contributed by atoms with Gasteiger partial charge in [-0.05, 0) is 24.6 Å². The minimum atomic E-state index is -0.111. The van der Waals surface area contributed by atoms with Crippen LogP contribution in [-0.4, -0.2) is 41.0 Å². The normalized spacial score (nSPS) is 12.9. The maximum absolute atomic E-state index is 12.9. The van der Waals surface area contributed by atoms with Gasteiger partial charge in [0.05, 0.1) is 12.2 Å². The van der Waals surface area contributed by atoms with E-state index in [0.29, 0.717) is 19.5 Å². The minimum Gasteiger partial charge on any atom is -0.359 e. The first-order valence-corrected chi connectivity index (χ1v) is 11.3. The zero-order valence-corrected chi connectivity index (χ0v) is 19.4. The van der Waals surface area contributed by atoms with E-state index in [4.69, 9.17) is 9.97 Å². The Hall–Kier alpha value is -2.93. The van der Waals surface area contributed by atoms with Crippen molar-refractivity contribution in [1.29, 1.82) is 0 Å². The van der Waals surface area contributed by atoms with Crippen LogP contribution in [0.25, 0.3) is 11.4 Å². The van der Waals surface area contributed by atoms with E-state index in [-0.39, 0.29) is 6.03 Å². The van der Waals surface area contributed by atoms with Gasteiger partial charge < -0.3 is 15.1 Å². The Bertz CT molecular complexity index is 1070. The molecule has 0 unspecified atom stereocenters. The van der Waals surface area contributed by atoms with E-state index in [9.17, 15) is 4.79 Å². The molecule has 1 aliphatic rings. The second kappa shape index (κ2) is 9.47. The van der Waals surface area contributed by atoms with Crippen LogP contribution < -0.4 is 10.2 Å². The van der Waals surface area contributed by atoms with E-state index < -0.39 is 0 Å². The molecule has 0 radical (unpaired) electrons. The highest BCUT2D eigenvalue weighted by Gasteiger charge is 2.27. The van der Waals surface area contributed by atoms with Crippen LogP contribution in [0.15, 0.2) is 59.1 Å². The molecule has 1 aromatic heterocycles. The molecule has 2 aromatic carbocycles. The van der Waals surface area contributed by atoms with Crippen molar-refractivity contribution in [3.63, 3.8) is 0 Å². The average Bonchev–Trinajstić information content (AvgIpc) is 2.78. The summed E-state index contributed by atoms with van der Waals surface area (Å²) in [4.78, 5) is 26.7. The third-order valence-corrected chi connectivity index (χ3v) is 5.85. The number of aromatic nitrogens is 2. The summed E-state index contributed by atoms with van der Waals surface area (Å²) >= 11 is 3.45. The SMILES string of the molecule is CCCN(C)c1nc(-c2ccccc2)nc2c1CN(C(=O)Nc1cccc(Br)c1)CC2. The van der Waals surface area contributed by atoms with Crippen LogP contribution in [0.2, 0.25) is 0 Å². The zero-order chi connectivity index (χ0) is 21.8. The first kappa shape index (κ1) is 21.3. The fourth-order valence-electron chi connectivity index (χ4n) is 3.81. The number of urea groups is 1. The van der Waals surface area contributed by atoms with Crippen molar-refractivity contribution in [1.82, 2.24) is 14.9 Å². The zero-order valence-electron chi connectivity index (χ0n) is 17.8. The van der Waals surface area contributed by atoms with Crippen molar-refractivity contribution < 1.29 is 4.79 Å². The molecule has 7 heteroatoms. The molecule has 160 valence electrons. The van der Waals surface area contributed by atoms with E-state index in [2.05, 4.69) is 40.1 Å². The molecule has 0 bridgehead atoms. The van der Waals surface area contributed by atoms with Crippen molar-refractivity contribution in [3.8, 4) is 11.4 Å². The molecule has 1 aliphatic heterocycles. The van der Waals surface area contributed by atoms with E-state index >= 15 is 0 Å². The molecular formula is C24H26BrN5O. The first-order chi connectivity index (χ1) is 15.0. The molecule has 0 saturated heterocycles.